The zero-order chi connectivity index (χ0) is 31.3. The van der Waals surface area contributed by atoms with E-state index in [1.807, 2.05) is 12.4 Å². The maximum Gasteiger partial charge on any atom is 0.999 e. The number of hydrogen-bond donors (Lipinski definition) is 0. The Morgan fingerprint density at radius 3 is 1.26 bits per heavy atom. The lowest BCUT2D eigenvalue weighted by Crippen LogP contribution is -2.29. The van der Waals surface area contributed by atoms with Gasteiger partial charge in [0, 0.05) is 23.6 Å². The van der Waals surface area contributed by atoms with E-state index >= 15 is 0 Å². The molecule has 1 aliphatic carbocycles. The number of halogens is 1. The summed E-state index contributed by atoms with van der Waals surface area (Å²) >= 11 is -2.74. The van der Waals surface area contributed by atoms with Gasteiger partial charge in [0.25, 0.3) is 0 Å². The van der Waals surface area contributed by atoms with Crippen molar-refractivity contribution in [3.63, 3.8) is 0 Å². The highest BCUT2D eigenvalue weighted by molar-refractivity contribution is 7.00. The molecule has 1 unspecified atom stereocenters. The van der Waals surface area contributed by atoms with Gasteiger partial charge in [-0.2, -0.15) is 10.0 Å². The second-order valence-corrected chi connectivity index (χ2v) is 18.5. The van der Waals surface area contributed by atoms with Crippen LogP contribution in [0.15, 0.2) is 34.3 Å². The first-order valence-electron chi connectivity index (χ1n) is 15.7. The Morgan fingerprint density at radius 1 is 0.595 bits per heavy atom. The van der Waals surface area contributed by atoms with E-state index in [9.17, 15) is 0 Å². The molecular formula is C36H52AlClN2O2. The molecule has 1 aliphatic heterocycles. The minimum absolute atomic E-state index is 0.0265. The van der Waals surface area contributed by atoms with Gasteiger partial charge in [0.2, 0.25) is 0 Å². The van der Waals surface area contributed by atoms with Gasteiger partial charge in [-0.15, -0.1) is 0 Å². The molecule has 1 heterocycles. The molecule has 0 saturated heterocycles. The molecule has 0 radical (unpaired) electrons. The van der Waals surface area contributed by atoms with Crippen LogP contribution in [-0.4, -0.2) is 38.4 Å². The molecule has 2 atom stereocenters. The average Bonchev–Trinajstić information content (AvgIpc) is 2.85. The van der Waals surface area contributed by atoms with Crippen LogP contribution in [0.1, 0.15) is 142 Å². The normalized spacial score (nSPS) is 20.3. The maximum atomic E-state index is 7.14. The summed E-state index contributed by atoms with van der Waals surface area (Å²) in [4.78, 5) is 10.4. The van der Waals surface area contributed by atoms with Crippen LogP contribution in [0.5, 0.6) is 11.5 Å². The van der Waals surface area contributed by atoms with E-state index in [4.69, 9.17) is 27.6 Å². The van der Waals surface area contributed by atoms with Gasteiger partial charge < -0.3 is 7.58 Å². The molecule has 0 spiro atoms. The highest BCUT2D eigenvalue weighted by atomic mass is 35.6. The predicted octanol–water partition coefficient (Wildman–Crippen LogP) is 9.72. The van der Waals surface area contributed by atoms with E-state index in [0.717, 1.165) is 46.6 Å². The topological polar surface area (TPSA) is 43.2 Å². The van der Waals surface area contributed by atoms with Crippen molar-refractivity contribution in [1.82, 2.24) is 0 Å². The van der Waals surface area contributed by atoms with Crippen molar-refractivity contribution in [2.24, 2.45) is 9.98 Å². The molecule has 2 aromatic rings. The van der Waals surface area contributed by atoms with E-state index in [0.29, 0.717) is 0 Å². The van der Waals surface area contributed by atoms with Crippen LogP contribution >= 0.6 is 10.0 Å². The third-order valence-corrected chi connectivity index (χ3v) is 9.89. The van der Waals surface area contributed by atoms with Crippen LogP contribution in [-0.2, 0) is 21.7 Å². The quantitative estimate of drug-likeness (QED) is 0.280. The molecule has 0 N–H and O–H groups in total. The largest absolute Gasteiger partial charge is 0.999 e. The maximum absolute atomic E-state index is 7.14. The lowest BCUT2D eigenvalue weighted by Gasteiger charge is -2.31. The van der Waals surface area contributed by atoms with E-state index in [1.54, 1.807) is 0 Å². The van der Waals surface area contributed by atoms with Crippen LogP contribution in [0.2, 0.25) is 0 Å². The number of rotatable bonds is 0. The van der Waals surface area contributed by atoms with E-state index in [1.165, 1.54) is 24.0 Å². The first kappa shape index (κ1) is 33.1. The minimum Gasteiger partial charge on any atom is -0.599 e. The molecule has 0 amide bonds. The molecule has 2 aliphatic rings. The lowest BCUT2D eigenvalue weighted by atomic mass is 9.79. The Kier molecular flexibility index (Phi) is 9.42. The van der Waals surface area contributed by atoms with E-state index < -0.39 is 13.9 Å². The molecule has 0 aromatic heterocycles. The number of benzene rings is 2. The van der Waals surface area contributed by atoms with Crippen molar-refractivity contribution in [1.29, 1.82) is 0 Å². The van der Waals surface area contributed by atoms with Crippen LogP contribution in [0, 0.1) is 0 Å². The molecule has 2 aromatic carbocycles. The molecule has 0 bridgehead atoms. The Bertz CT molecular complexity index is 1250. The molecule has 6 heteroatoms. The van der Waals surface area contributed by atoms with Crippen molar-refractivity contribution in [3.8, 4) is 11.5 Å². The second kappa shape index (κ2) is 11.9. The summed E-state index contributed by atoms with van der Waals surface area (Å²) in [6.07, 6.45) is 8.46. The molecule has 228 valence electrons. The third kappa shape index (κ3) is 7.64. The summed E-state index contributed by atoms with van der Waals surface area (Å²) in [7, 11) is 7.14. The van der Waals surface area contributed by atoms with Crippen molar-refractivity contribution in [2.75, 3.05) is 0 Å². The van der Waals surface area contributed by atoms with Crippen LogP contribution in [0.3, 0.4) is 0 Å². The molecule has 4 rings (SSSR count). The molecular weight excluding hydrogens is 555 g/mol. The van der Waals surface area contributed by atoms with Gasteiger partial charge in [-0.3, -0.25) is 9.98 Å². The number of aliphatic imine (C=N–C) groups is 2. The van der Waals surface area contributed by atoms with Gasteiger partial charge in [-0.05, 0) is 68.9 Å². The summed E-state index contributed by atoms with van der Waals surface area (Å²) in [5.41, 5.74) is 6.34. The van der Waals surface area contributed by atoms with E-state index in [2.05, 4.69) is 107 Å². The summed E-state index contributed by atoms with van der Waals surface area (Å²) in [6.45, 7) is 26.9. The zero-order valence-electron chi connectivity index (χ0n) is 28.1. The number of fused-ring (bicyclic) bond motifs is 3. The number of hydrogen-bond acceptors (Lipinski definition) is 4. The monoisotopic (exact) mass is 606 g/mol. The SMILES string of the molecule is CC(C)(C)c1cc2c(c(C(C)(C)C)c1)[O][Al]([Cl])[O]c1c(cc(C(C)(C)C)cc1C(C)(C)C)C=N[C@@H]1CCCCC1N=C2. The number of nitrogens with zero attached hydrogens (tertiary/aromatic N) is 2. The van der Waals surface area contributed by atoms with Crippen molar-refractivity contribution < 1.29 is 7.58 Å². The van der Waals surface area contributed by atoms with Crippen molar-refractivity contribution >= 4 is 36.4 Å². The second-order valence-electron chi connectivity index (χ2n) is 16.4. The van der Waals surface area contributed by atoms with Crippen LogP contribution in [0.25, 0.3) is 0 Å². The summed E-state index contributed by atoms with van der Waals surface area (Å²) in [5, 5.41) is 0. The van der Waals surface area contributed by atoms with Crippen molar-refractivity contribution in [2.45, 2.75) is 143 Å². The predicted molar refractivity (Wildman–Crippen MR) is 182 cm³/mol. The fraction of sp³-hybridized carbons (Fsp3) is 0.611. The molecule has 4 nitrogen and oxygen atoms in total. The van der Waals surface area contributed by atoms with Gasteiger partial charge in [0.05, 0.1) is 23.6 Å². The highest BCUT2D eigenvalue weighted by Gasteiger charge is 2.38. The molecule has 42 heavy (non-hydrogen) atoms. The highest BCUT2D eigenvalue weighted by Crippen LogP contribution is 2.41. The van der Waals surface area contributed by atoms with Crippen LogP contribution in [0.4, 0.5) is 0 Å². The fourth-order valence-electron chi connectivity index (χ4n) is 5.74. The lowest BCUT2D eigenvalue weighted by molar-refractivity contribution is 0.390. The van der Waals surface area contributed by atoms with E-state index in [-0.39, 0.29) is 33.7 Å². The molecule has 1 fully saturated rings. The third-order valence-electron chi connectivity index (χ3n) is 8.51. The first-order chi connectivity index (χ1) is 19.2. The Hall–Kier alpha value is -1.80. The van der Waals surface area contributed by atoms with Crippen LogP contribution < -0.4 is 7.58 Å². The minimum atomic E-state index is -2.74. The first-order valence-corrected chi connectivity index (χ1v) is 18.4. The van der Waals surface area contributed by atoms with Gasteiger partial charge >= 0.3 is 13.9 Å². The Morgan fingerprint density at radius 2 is 0.952 bits per heavy atom. The standard InChI is InChI=1S/C36H54N2O2.Al.ClH/c1-33(2,3)25-17-23(31(39)27(19-25)35(7,8)9)21-37-29-15-13-14-16-30(29)38-22-24-18-26(34(4,5)6)20-28(32(24)40)36(10,11)12;;/h17-22,29-30,39-40H,13-16H2,1-12H3;;1H/q;+3;/p-3/t29-,30?;;/m1../s1. The Balaban J connectivity index is 1.99. The fourth-order valence-corrected chi connectivity index (χ4v) is 7.22. The van der Waals surface area contributed by atoms with Gasteiger partial charge in [0.1, 0.15) is 0 Å². The summed E-state index contributed by atoms with van der Waals surface area (Å²) < 4.78 is 13.5. The smallest absolute Gasteiger partial charge is 0.599 e. The molecule has 1 saturated carbocycles. The summed E-state index contributed by atoms with van der Waals surface area (Å²) in [6, 6.07) is 9.30. The Labute approximate surface area is 264 Å². The van der Waals surface area contributed by atoms with Gasteiger partial charge in [-0.1, -0.05) is 108 Å². The van der Waals surface area contributed by atoms with Crippen molar-refractivity contribution in [3.05, 3.63) is 57.6 Å². The summed E-state index contributed by atoms with van der Waals surface area (Å²) in [5.74, 6) is 1.59. The van der Waals surface area contributed by atoms with Gasteiger partial charge in [-0.25, -0.2) is 0 Å². The zero-order valence-corrected chi connectivity index (χ0v) is 30.0. The van der Waals surface area contributed by atoms with Gasteiger partial charge in [0.15, 0.2) is 0 Å². The average molecular weight is 607 g/mol.